The number of benzene rings is 2. The molecule has 4 rings (SSSR count). The fourth-order valence-corrected chi connectivity index (χ4v) is 5.67. The molecular weight excluding hydrogens is 520 g/mol. The lowest BCUT2D eigenvalue weighted by molar-refractivity contribution is -0.132. The van der Waals surface area contributed by atoms with Gasteiger partial charge < -0.3 is 29.9 Å². The lowest BCUT2D eigenvalue weighted by Gasteiger charge is -2.39. The number of piperidine rings is 1. The van der Waals surface area contributed by atoms with Gasteiger partial charge in [-0.15, -0.1) is 0 Å². The molecule has 2 N–H and O–H groups in total. The van der Waals surface area contributed by atoms with E-state index in [2.05, 4.69) is 10.6 Å². The van der Waals surface area contributed by atoms with Crippen LogP contribution in [-0.4, -0.2) is 63.2 Å². The van der Waals surface area contributed by atoms with Crippen molar-refractivity contribution in [3.63, 3.8) is 0 Å². The van der Waals surface area contributed by atoms with Gasteiger partial charge in [0.15, 0.2) is 5.60 Å². The monoisotopic (exact) mass is 564 g/mol. The van der Waals surface area contributed by atoms with Crippen molar-refractivity contribution in [3.05, 3.63) is 54.1 Å². The molecule has 2 aliphatic rings. The number of fused-ring (bicyclic) bond motifs is 1. The van der Waals surface area contributed by atoms with Crippen LogP contribution in [0.5, 0.6) is 5.75 Å². The summed E-state index contributed by atoms with van der Waals surface area (Å²) in [5, 5.41) is 6.49. The van der Waals surface area contributed by atoms with Crippen LogP contribution in [-0.2, 0) is 24.7 Å². The van der Waals surface area contributed by atoms with Gasteiger partial charge in [-0.25, -0.2) is 0 Å². The highest BCUT2D eigenvalue weighted by Crippen LogP contribution is 2.40. The predicted octanol–water partition coefficient (Wildman–Crippen LogP) is 3.86. The first-order chi connectivity index (χ1) is 19.5. The smallest absolute Gasteiger partial charge is 0.270 e. The maximum atomic E-state index is 13.9. The maximum absolute atomic E-state index is 13.9. The number of methoxy groups -OCH3 is 1. The van der Waals surface area contributed by atoms with Crippen LogP contribution >= 0.6 is 0 Å². The molecule has 1 fully saturated rings. The first kappa shape index (κ1) is 30.5. The van der Waals surface area contributed by atoms with E-state index in [-0.39, 0.29) is 29.6 Å². The number of amides is 3. The summed E-state index contributed by atoms with van der Waals surface area (Å²) in [6.07, 6.45) is 1.14. The summed E-state index contributed by atoms with van der Waals surface area (Å²) in [6.45, 7) is 11.9. The van der Waals surface area contributed by atoms with Gasteiger partial charge in [0.1, 0.15) is 5.75 Å². The summed E-state index contributed by atoms with van der Waals surface area (Å²) >= 11 is 0. The van der Waals surface area contributed by atoms with Gasteiger partial charge in [0.05, 0.1) is 23.1 Å². The number of ether oxygens (including phenoxy) is 2. The molecule has 0 aliphatic carbocycles. The summed E-state index contributed by atoms with van der Waals surface area (Å²) in [7, 11) is 1.64. The van der Waals surface area contributed by atoms with Gasteiger partial charge in [-0.3, -0.25) is 14.4 Å². The number of hydrogen-bond donors (Lipinski definition) is 2. The van der Waals surface area contributed by atoms with E-state index in [0.29, 0.717) is 62.8 Å². The number of nitrogens with zero attached hydrogens (tertiary/aromatic N) is 2. The second kappa shape index (κ2) is 12.6. The molecule has 2 aromatic rings. The van der Waals surface area contributed by atoms with Crippen molar-refractivity contribution in [2.75, 3.05) is 49.7 Å². The van der Waals surface area contributed by atoms with Gasteiger partial charge >= 0.3 is 0 Å². The van der Waals surface area contributed by atoms with E-state index in [0.717, 1.165) is 5.56 Å². The minimum absolute atomic E-state index is 0.0471. The van der Waals surface area contributed by atoms with E-state index in [1.807, 2.05) is 69.3 Å². The molecule has 0 spiro atoms. The van der Waals surface area contributed by atoms with Crippen molar-refractivity contribution in [3.8, 4) is 5.75 Å². The summed E-state index contributed by atoms with van der Waals surface area (Å²) in [6, 6.07) is 15.4. The van der Waals surface area contributed by atoms with Crippen LogP contribution in [0.1, 0.15) is 53.0 Å². The molecule has 0 saturated carbocycles. The fraction of sp³-hybridized carbons (Fsp3) is 0.531. The van der Waals surface area contributed by atoms with Gasteiger partial charge in [0.2, 0.25) is 11.8 Å². The van der Waals surface area contributed by atoms with Crippen LogP contribution in [0.4, 0.5) is 11.4 Å². The standard InChI is InChI=1S/C32H44N4O5/c1-7-35(25-14-15-27-26(19-25)36(16-11-17-40-6)30(39)32(4,5)41-27)29(38)23-18-22(20-33-21-23)28(37)34-31(2,3)24-12-9-8-10-13-24/h8-10,12-15,19,22-23,33H,7,11,16-18,20-21H2,1-6H3,(H,34,37)/t22-,23+/m0/s1. The van der Waals surface area contributed by atoms with E-state index in [9.17, 15) is 14.4 Å². The van der Waals surface area contributed by atoms with Gasteiger partial charge in [0, 0.05) is 45.6 Å². The molecule has 2 aliphatic heterocycles. The Morgan fingerprint density at radius 3 is 2.54 bits per heavy atom. The van der Waals surface area contributed by atoms with E-state index < -0.39 is 11.1 Å². The molecule has 1 saturated heterocycles. The lowest BCUT2D eigenvalue weighted by Crippen LogP contribution is -2.53. The molecule has 0 bridgehead atoms. The Morgan fingerprint density at radius 2 is 1.85 bits per heavy atom. The van der Waals surface area contributed by atoms with E-state index in [1.54, 1.807) is 30.8 Å². The van der Waals surface area contributed by atoms with Crippen molar-refractivity contribution >= 4 is 29.1 Å². The molecule has 3 amide bonds. The van der Waals surface area contributed by atoms with Gasteiger partial charge in [-0.2, -0.15) is 0 Å². The van der Waals surface area contributed by atoms with Crippen LogP contribution in [0.25, 0.3) is 0 Å². The average Bonchev–Trinajstić information content (AvgIpc) is 2.96. The third kappa shape index (κ3) is 6.73. The quantitative estimate of drug-likeness (QED) is 0.425. The molecule has 0 radical (unpaired) electrons. The van der Waals surface area contributed by atoms with E-state index in [4.69, 9.17) is 9.47 Å². The van der Waals surface area contributed by atoms with Crippen molar-refractivity contribution in [2.24, 2.45) is 11.8 Å². The molecule has 2 heterocycles. The highest BCUT2D eigenvalue weighted by Gasteiger charge is 2.41. The van der Waals surface area contributed by atoms with Crippen LogP contribution in [0, 0.1) is 11.8 Å². The number of anilines is 2. The molecule has 2 atom stereocenters. The Balaban J connectivity index is 1.50. The Morgan fingerprint density at radius 1 is 1.15 bits per heavy atom. The highest BCUT2D eigenvalue weighted by atomic mass is 16.5. The van der Waals surface area contributed by atoms with E-state index in [1.165, 1.54) is 0 Å². The third-order valence-corrected chi connectivity index (χ3v) is 7.98. The minimum atomic E-state index is -0.986. The Hall–Kier alpha value is -3.43. The summed E-state index contributed by atoms with van der Waals surface area (Å²) in [4.78, 5) is 43.9. The van der Waals surface area contributed by atoms with Crippen molar-refractivity contribution in [1.82, 2.24) is 10.6 Å². The van der Waals surface area contributed by atoms with Crippen molar-refractivity contribution in [2.45, 2.75) is 58.6 Å². The Labute approximate surface area is 243 Å². The zero-order valence-electron chi connectivity index (χ0n) is 25.2. The van der Waals surface area contributed by atoms with Crippen molar-refractivity contribution in [1.29, 1.82) is 0 Å². The summed E-state index contributed by atoms with van der Waals surface area (Å²) in [5.74, 6) is -0.315. The average molecular weight is 565 g/mol. The van der Waals surface area contributed by atoms with Crippen molar-refractivity contribution < 1.29 is 23.9 Å². The van der Waals surface area contributed by atoms with Gasteiger partial charge in [-0.05, 0) is 71.2 Å². The molecule has 9 heteroatoms. The number of hydrogen-bond acceptors (Lipinski definition) is 6. The highest BCUT2D eigenvalue weighted by molar-refractivity contribution is 6.04. The topological polar surface area (TPSA) is 100 Å². The first-order valence-corrected chi connectivity index (χ1v) is 14.5. The largest absolute Gasteiger partial charge is 0.476 e. The van der Waals surface area contributed by atoms with Crippen LogP contribution in [0.2, 0.25) is 0 Å². The predicted molar refractivity (Wildman–Crippen MR) is 160 cm³/mol. The zero-order valence-corrected chi connectivity index (χ0v) is 25.2. The van der Waals surface area contributed by atoms with Gasteiger partial charge in [0.25, 0.3) is 5.91 Å². The fourth-order valence-electron chi connectivity index (χ4n) is 5.67. The zero-order chi connectivity index (χ0) is 29.8. The van der Waals surface area contributed by atoms with Crippen LogP contribution in [0.15, 0.2) is 48.5 Å². The van der Waals surface area contributed by atoms with Crippen LogP contribution in [0.3, 0.4) is 0 Å². The molecule has 2 aromatic carbocycles. The molecule has 0 unspecified atom stereocenters. The molecule has 222 valence electrons. The minimum Gasteiger partial charge on any atom is -0.476 e. The maximum Gasteiger partial charge on any atom is 0.270 e. The van der Waals surface area contributed by atoms with Gasteiger partial charge in [-0.1, -0.05) is 30.3 Å². The lowest BCUT2D eigenvalue weighted by atomic mass is 9.87. The Kier molecular flexibility index (Phi) is 9.39. The normalized spacial score (nSPS) is 20.1. The number of carbonyl (C=O) groups is 3. The third-order valence-electron chi connectivity index (χ3n) is 7.98. The number of nitrogens with one attached hydrogen (secondary N) is 2. The number of carbonyl (C=O) groups excluding carboxylic acids is 3. The SMILES string of the molecule is CCN(C(=O)[C@H]1CNC[C@@H](C(=O)NC(C)(C)c2ccccc2)C1)c1ccc2c(c1)N(CCCOC)C(=O)C(C)(C)O2. The summed E-state index contributed by atoms with van der Waals surface area (Å²) < 4.78 is 11.2. The molecular formula is C32H44N4O5. The second-order valence-corrected chi connectivity index (χ2v) is 11.9. The Bertz CT molecular complexity index is 1250. The molecule has 41 heavy (non-hydrogen) atoms. The summed E-state index contributed by atoms with van der Waals surface area (Å²) in [5.41, 5.74) is 0.853. The molecule has 0 aromatic heterocycles. The molecule has 9 nitrogen and oxygen atoms in total. The van der Waals surface area contributed by atoms with E-state index >= 15 is 0 Å². The number of rotatable bonds is 10. The van der Waals surface area contributed by atoms with Crippen LogP contribution < -0.4 is 25.2 Å². The first-order valence-electron chi connectivity index (χ1n) is 14.5. The second-order valence-electron chi connectivity index (χ2n) is 11.9.